The molecular formula is C10H10BrN3O3S. The van der Waals surface area contributed by atoms with Gasteiger partial charge in [0.05, 0.1) is 16.7 Å². The van der Waals surface area contributed by atoms with Gasteiger partial charge in [-0.3, -0.25) is 4.79 Å². The van der Waals surface area contributed by atoms with Gasteiger partial charge in [0, 0.05) is 4.47 Å². The summed E-state index contributed by atoms with van der Waals surface area (Å²) in [7, 11) is -3.80. The first kappa shape index (κ1) is 14.5. The van der Waals surface area contributed by atoms with E-state index in [0.717, 1.165) is 0 Å². The van der Waals surface area contributed by atoms with Crippen LogP contribution in [0.2, 0.25) is 0 Å². The van der Waals surface area contributed by atoms with Gasteiger partial charge in [0.2, 0.25) is 5.91 Å². The normalized spacial score (nSPS) is 10.7. The van der Waals surface area contributed by atoms with E-state index in [2.05, 4.69) is 21.2 Å². The standard InChI is InChI=1S/C10H10BrN3O3S/c11-7-1-2-9(8(13)5-7)18(16,17)6-10(15)14-4-3-12/h1-2,5H,4,6,13H2,(H,14,15). The number of anilines is 1. The first-order chi connectivity index (χ1) is 8.36. The molecule has 0 aliphatic carbocycles. The average Bonchev–Trinajstić information content (AvgIpc) is 2.25. The molecule has 1 aromatic carbocycles. The second kappa shape index (κ2) is 5.84. The molecule has 0 bridgehead atoms. The Balaban J connectivity index is 2.94. The number of halogens is 1. The van der Waals surface area contributed by atoms with E-state index in [1.54, 1.807) is 6.07 Å². The number of nitriles is 1. The van der Waals surface area contributed by atoms with Crippen LogP contribution < -0.4 is 11.1 Å². The molecular weight excluding hydrogens is 322 g/mol. The van der Waals surface area contributed by atoms with Crippen LogP contribution in [0.15, 0.2) is 27.6 Å². The number of hydrogen-bond donors (Lipinski definition) is 2. The van der Waals surface area contributed by atoms with Crippen LogP contribution in [0.3, 0.4) is 0 Å². The number of sulfone groups is 1. The van der Waals surface area contributed by atoms with Crippen LogP contribution in [0.5, 0.6) is 0 Å². The summed E-state index contributed by atoms with van der Waals surface area (Å²) >= 11 is 3.16. The van der Waals surface area contributed by atoms with Gasteiger partial charge < -0.3 is 11.1 Å². The maximum atomic E-state index is 11.9. The largest absolute Gasteiger partial charge is 0.398 e. The molecule has 0 aliphatic rings. The molecule has 3 N–H and O–H groups in total. The number of hydrogen-bond acceptors (Lipinski definition) is 5. The third kappa shape index (κ3) is 3.72. The van der Waals surface area contributed by atoms with E-state index in [1.165, 1.54) is 18.2 Å². The molecule has 0 saturated carbocycles. The van der Waals surface area contributed by atoms with Crippen molar-refractivity contribution in [3.63, 3.8) is 0 Å². The second-order valence-corrected chi connectivity index (χ2v) is 6.25. The van der Waals surface area contributed by atoms with Crippen LogP contribution in [0.1, 0.15) is 0 Å². The Hall–Kier alpha value is -1.59. The summed E-state index contributed by atoms with van der Waals surface area (Å²) in [6.45, 7) is -0.232. The van der Waals surface area contributed by atoms with Gasteiger partial charge in [0.15, 0.2) is 9.84 Å². The molecule has 6 nitrogen and oxygen atoms in total. The second-order valence-electron chi connectivity index (χ2n) is 3.38. The Morgan fingerprint density at radius 3 is 2.72 bits per heavy atom. The van der Waals surface area contributed by atoms with Crippen LogP contribution in [0.4, 0.5) is 5.69 Å². The molecule has 1 rings (SSSR count). The zero-order valence-electron chi connectivity index (χ0n) is 9.18. The van der Waals surface area contributed by atoms with E-state index in [0.29, 0.717) is 4.47 Å². The lowest BCUT2D eigenvalue weighted by molar-refractivity contribution is -0.118. The quantitative estimate of drug-likeness (QED) is 0.614. The molecule has 1 amide bonds. The molecule has 8 heteroatoms. The third-order valence-electron chi connectivity index (χ3n) is 1.99. The first-order valence-corrected chi connectivity index (χ1v) is 7.23. The molecule has 0 aliphatic heterocycles. The highest BCUT2D eigenvalue weighted by Crippen LogP contribution is 2.23. The zero-order chi connectivity index (χ0) is 13.8. The average molecular weight is 332 g/mol. The van der Waals surface area contributed by atoms with E-state index in [1.807, 2.05) is 0 Å². The monoisotopic (exact) mass is 331 g/mol. The summed E-state index contributed by atoms with van der Waals surface area (Å²) in [6, 6.07) is 5.98. The minimum absolute atomic E-state index is 0.0671. The number of nitrogen functional groups attached to an aromatic ring is 1. The van der Waals surface area contributed by atoms with Crippen LogP contribution in [0.25, 0.3) is 0 Å². The number of nitrogens with zero attached hydrogens (tertiary/aromatic N) is 1. The highest BCUT2D eigenvalue weighted by molar-refractivity contribution is 9.10. The Kier molecular flexibility index (Phi) is 4.69. The number of nitrogens with two attached hydrogens (primary N) is 1. The van der Waals surface area contributed by atoms with Crippen molar-refractivity contribution in [2.24, 2.45) is 0 Å². The zero-order valence-corrected chi connectivity index (χ0v) is 11.6. The number of nitrogens with one attached hydrogen (secondary N) is 1. The van der Waals surface area contributed by atoms with E-state index in [9.17, 15) is 13.2 Å². The summed E-state index contributed by atoms with van der Waals surface area (Å²) in [6.07, 6.45) is 0. The van der Waals surface area contributed by atoms with Crippen LogP contribution in [-0.2, 0) is 14.6 Å². The van der Waals surface area contributed by atoms with Crippen molar-refractivity contribution in [3.8, 4) is 6.07 Å². The van der Waals surface area contributed by atoms with Crippen LogP contribution in [-0.4, -0.2) is 26.6 Å². The van der Waals surface area contributed by atoms with Crippen molar-refractivity contribution in [2.75, 3.05) is 18.0 Å². The Morgan fingerprint density at radius 1 is 1.50 bits per heavy atom. The Bertz CT molecular complexity index is 607. The number of benzene rings is 1. The molecule has 0 atom stereocenters. The summed E-state index contributed by atoms with van der Waals surface area (Å²) in [5.41, 5.74) is 5.66. The van der Waals surface area contributed by atoms with Gasteiger partial charge in [-0.1, -0.05) is 15.9 Å². The highest BCUT2D eigenvalue weighted by atomic mass is 79.9. The first-order valence-electron chi connectivity index (χ1n) is 4.78. The molecule has 1 aromatic rings. The van der Waals surface area contributed by atoms with Crippen molar-refractivity contribution in [1.29, 1.82) is 5.26 Å². The van der Waals surface area contributed by atoms with E-state index in [-0.39, 0.29) is 17.1 Å². The van der Waals surface area contributed by atoms with Gasteiger partial charge >= 0.3 is 0 Å². The van der Waals surface area contributed by atoms with Crippen molar-refractivity contribution in [2.45, 2.75) is 4.90 Å². The minimum Gasteiger partial charge on any atom is -0.398 e. The van der Waals surface area contributed by atoms with Crippen molar-refractivity contribution in [3.05, 3.63) is 22.7 Å². The van der Waals surface area contributed by atoms with Gasteiger partial charge in [-0.15, -0.1) is 0 Å². The summed E-state index contributed by atoms with van der Waals surface area (Å²) in [4.78, 5) is 11.2. The predicted octanol–water partition coefficient (Wildman–Crippen LogP) is 0.445. The van der Waals surface area contributed by atoms with E-state index >= 15 is 0 Å². The third-order valence-corrected chi connectivity index (χ3v) is 4.17. The van der Waals surface area contributed by atoms with Crippen molar-refractivity contribution < 1.29 is 13.2 Å². The van der Waals surface area contributed by atoms with E-state index in [4.69, 9.17) is 11.0 Å². The fraction of sp³-hybridized carbons (Fsp3) is 0.200. The number of carbonyl (C=O) groups is 1. The van der Waals surface area contributed by atoms with Crippen molar-refractivity contribution >= 4 is 37.4 Å². The fourth-order valence-electron chi connectivity index (χ4n) is 1.24. The SMILES string of the molecule is N#CCNC(=O)CS(=O)(=O)c1ccc(Br)cc1N. The number of carbonyl (C=O) groups excluding carboxylic acids is 1. The van der Waals surface area contributed by atoms with E-state index < -0.39 is 21.5 Å². The number of amides is 1. The summed E-state index contributed by atoms with van der Waals surface area (Å²) < 4.78 is 24.4. The molecule has 96 valence electrons. The molecule has 0 unspecified atom stereocenters. The molecule has 0 heterocycles. The van der Waals surface area contributed by atoms with Crippen LogP contribution in [0, 0.1) is 11.3 Å². The smallest absolute Gasteiger partial charge is 0.236 e. The highest BCUT2D eigenvalue weighted by Gasteiger charge is 2.21. The minimum atomic E-state index is -3.80. The van der Waals surface area contributed by atoms with Gasteiger partial charge in [-0.2, -0.15) is 5.26 Å². The summed E-state index contributed by atoms with van der Waals surface area (Å²) in [5.74, 6) is -1.47. The van der Waals surface area contributed by atoms with Crippen LogP contribution >= 0.6 is 15.9 Å². The molecule has 0 saturated heterocycles. The molecule has 0 fully saturated rings. The van der Waals surface area contributed by atoms with Gasteiger partial charge in [0.1, 0.15) is 12.3 Å². The fourth-order valence-corrected chi connectivity index (χ4v) is 2.92. The lowest BCUT2D eigenvalue weighted by Crippen LogP contribution is -2.30. The Morgan fingerprint density at radius 2 is 2.17 bits per heavy atom. The maximum absolute atomic E-state index is 11.9. The summed E-state index contributed by atoms with van der Waals surface area (Å²) in [5, 5.41) is 10.4. The van der Waals surface area contributed by atoms with Crippen molar-refractivity contribution in [1.82, 2.24) is 5.32 Å². The number of rotatable bonds is 4. The Labute approximate surface area is 113 Å². The van der Waals surface area contributed by atoms with Gasteiger partial charge in [-0.25, -0.2) is 8.42 Å². The molecule has 0 spiro atoms. The lowest BCUT2D eigenvalue weighted by atomic mass is 10.3. The van der Waals surface area contributed by atoms with Gasteiger partial charge in [0.25, 0.3) is 0 Å². The molecule has 18 heavy (non-hydrogen) atoms. The molecule has 0 aromatic heterocycles. The lowest BCUT2D eigenvalue weighted by Gasteiger charge is -2.07. The van der Waals surface area contributed by atoms with Gasteiger partial charge in [-0.05, 0) is 18.2 Å². The molecule has 0 radical (unpaired) electrons. The maximum Gasteiger partial charge on any atom is 0.236 e. The predicted molar refractivity (Wildman–Crippen MR) is 69.2 cm³/mol. The topological polar surface area (TPSA) is 113 Å².